The lowest BCUT2D eigenvalue weighted by atomic mass is 9.67. The number of aromatic nitrogens is 1. The molecule has 1 aromatic heterocycles. The van der Waals surface area contributed by atoms with Crippen LogP contribution >= 0.6 is 0 Å². The first kappa shape index (κ1) is 38.5. The van der Waals surface area contributed by atoms with Gasteiger partial charge in [0.2, 0.25) is 0 Å². The van der Waals surface area contributed by atoms with Crippen molar-refractivity contribution in [2.45, 2.75) is 19.3 Å². The van der Waals surface area contributed by atoms with Crippen LogP contribution in [0.1, 0.15) is 33.4 Å². The minimum atomic E-state index is -0.515. The zero-order chi connectivity index (χ0) is 43.5. The van der Waals surface area contributed by atoms with Crippen molar-refractivity contribution in [2.75, 3.05) is 4.90 Å². The molecule has 65 heavy (non-hydrogen) atoms. The molecule has 0 bridgehead atoms. The molecule has 2 nitrogen and oxygen atoms in total. The molecule has 0 saturated carbocycles. The minimum Gasteiger partial charge on any atom is -0.310 e. The highest BCUT2D eigenvalue weighted by atomic mass is 15.1. The Hall–Kier alpha value is -8.20. The Balaban J connectivity index is 1.04. The molecular weight excluding hydrogens is 785 g/mol. The molecule has 1 aliphatic carbocycles. The van der Waals surface area contributed by atoms with Crippen LogP contribution in [0.3, 0.4) is 0 Å². The van der Waals surface area contributed by atoms with Gasteiger partial charge in [-0.05, 0) is 136 Å². The molecule has 0 aliphatic heterocycles. The summed E-state index contributed by atoms with van der Waals surface area (Å²) in [5.41, 5.74) is 21.3. The number of nitrogens with zero attached hydrogens (tertiary/aromatic N) is 2. The molecule has 0 radical (unpaired) electrons. The van der Waals surface area contributed by atoms with Crippen LogP contribution < -0.4 is 4.90 Å². The molecule has 0 saturated heterocycles. The lowest BCUT2D eigenvalue weighted by molar-refractivity contribution is 0.768. The van der Waals surface area contributed by atoms with Crippen molar-refractivity contribution in [3.05, 3.63) is 276 Å². The van der Waals surface area contributed by atoms with Crippen LogP contribution in [-0.4, -0.2) is 4.57 Å². The molecule has 12 rings (SSSR count). The molecule has 0 unspecified atom stereocenters. The summed E-state index contributed by atoms with van der Waals surface area (Å²) in [4.78, 5) is 2.46. The first-order chi connectivity index (χ1) is 32.1. The van der Waals surface area contributed by atoms with Crippen LogP contribution in [0.2, 0.25) is 0 Å². The van der Waals surface area contributed by atoms with E-state index in [4.69, 9.17) is 0 Å². The molecule has 0 atom stereocenters. The van der Waals surface area contributed by atoms with Crippen LogP contribution in [0.4, 0.5) is 17.1 Å². The molecule has 11 aromatic rings. The Labute approximate surface area is 381 Å². The third-order valence-electron chi connectivity index (χ3n) is 13.5. The summed E-state index contributed by atoms with van der Waals surface area (Å²) >= 11 is 0. The van der Waals surface area contributed by atoms with E-state index in [1.54, 1.807) is 0 Å². The predicted molar refractivity (Wildman–Crippen MR) is 273 cm³/mol. The van der Waals surface area contributed by atoms with E-state index in [0.717, 1.165) is 17.1 Å². The van der Waals surface area contributed by atoms with Crippen molar-refractivity contribution in [1.29, 1.82) is 0 Å². The molecule has 0 N–H and O–H groups in total. The van der Waals surface area contributed by atoms with Gasteiger partial charge in [-0.2, -0.15) is 0 Å². The van der Waals surface area contributed by atoms with Gasteiger partial charge in [0.1, 0.15) is 0 Å². The average Bonchev–Trinajstić information content (AvgIpc) is 3.85. The molecule has 0 fully saturated rings. The fourth-order valence-electron chi connectivity index (χ4n) is 10.8. The summed E-state index contributed by atoms with van der Waals surface area (Å²) < 4.78 is 2.42. The monoisotopic (exact) mass is 830 g/mol. The Morgan fingerprint density at radius 3 is 1.63 bits per heavy atom. The van der Waals surface area contributed by atoms with Gasteiger partial charge >= 0.3 is 0 Å². The van der Waals surface area contributed by atoms with Crippen LogP contribution in [0.5, 0.6) is 0 Å². The second kappa shape index (κ2) is 15.6. The van der Waals surface area contributed by atoms with Gasteiger partial charge in [-0.25, -0.2) is 0 Å². The van der Waals surface area contributed by atoms with Crippen LogP contribution in [-0.2, 0) is 5.41 Å². The van der Waals surface area contributed by atoms with Gasteiger partial charge in [0, 0.05) is 33.4 Å². The second-order valence-corrected chi connectivity index (χ2v) is 17.5. The number of rotatable bonds is 8. The third kappa shape index (κ3) is 6.25. The van der Waals surface area contributed by atoms with Gasteiger partial charge in [0.15, 0.2) is 0 Å². The minimum absolute atomic E-state index is 0.515. The molecule has 308 valence electrons. The number of benzene rings is 10. The van der Waals surface area contributed by atoms with Crippen molar-refractivity contribution in [3.63, 3.8) is 0 Å². The lowest BCUT2D eigenvalue weighted by Crippen LogP contribution is -2.28. The van der Waals surface area contributed by atoms with Crippen LogP contribution in [0.25, 0.3) is 60.9 Å². The zero-order valence-corrected chi connectivity index (χ0v) is 36.5. The van der Waals surface area contributed by atoms with E-state index >= 15 is 0 Å². The van der Waals surface area contributed by atoms with E-state index in [0.29, 0.717) is 0 Å². The van der Waals surface area contributed by atoms with Gasteiger partial charge in [0.25, 0.3) is 0 Å². The Bertz CT molecular complexity index is 3490. The average molecular weight is 831 g/mol. The topological polar surface area (TPSA) is 8.17 Å². The lowest BCUT2D eigenvalue weighted by Gasteiger charge is -2.35. The Morgan fingerprint density at radius 1 is 0.354 bits per heavy atom. The van der Waals surface area contributed by atoms with E-state index in [-0.39, 0.29) is 0 Å². The number of hydrogen-bond acceptors (Lipinski definition) is 1. The van der Waals surface area contributed by atoms with Crippen LogP contribution in [0.15, 0.2) is 243 Å². The SMILES string of the molecule is Cc1cc(C)cc(-n2c3ccccc3c3cc(-c4ccc(N(c5ccc6c(c5)C(c5ccccc5)(c5ccccc5)c5ccccc5-6)c5ccccc5-c5ccccc5)cc4)ccc32)c1. The third-order valence-corrected chi connectivity index (χ3v) is 13.5. The van der Waals surface area contributed by atoms with Crippen molar-refractivity contribution < 1.29 is 0 Å². The standard InChI is InChI=1S/C63H46N2/c1-43-38-44(2)40-52(39-43)65-61-29-17-14-26-56(61)57-41-47(32-37-62(57)65)45-30-33-50(34-31-45)64(60-28-16-13-24-53(60)46-18-6-3-7-19-46)51-35-36-55-54-25-12-15-27-58(54)63(59(55)42-51,48-20-8-4-9-21-48)49-22-10-5-11-23-49/h3-42H,1-2H3. The number of anilines is 3. The van der Waals surface area contributed by atoms with Gasteiger partial charge < -0.3 is 9.47 Å². The largest absolute Gasteiger partial charge is 0.310 e. The fourth-order valence-corrected chi connectivity index (χ4v) is 10.8. The molecule has 0 spiro atoms. The van der Waals surface area contributed by atoms with Crippen molar-refractivity contribution >= 4 is 38.9 Å². The quantitative estimate of drug-likeness (QED) is 0.148. The number of aryl methyl sites for hydroxylation is 2. The predicted octanol–water partition coefficient (Wildman–Crippen LogP) is 16.6. The summed E-state index contributed by atoms with van der Waals surface area (Å²) in [7, 11) is 0. The van der Waals surface area contributed by atoms with Crippen molar-refractivity contribution in [1.82, 2.24) is 4.57 Å². The number of para-hydroxylation sites is 2. The fraction of sp³-hybridized carbons (Fsp3) is 0.0476. The van der Waals surface area contributed by atoms with Crippen molar-refractivity contribution in [2.24, 2.45) is 0 Å². The molecule has 0 amide bonds. The van der Waals surface area contributed by atoms with Crippen LogP contribution in [0, 0.1) is 13.8 Å². The maximum atomic E-state index is 2.46. The Morgan fingerprint density at radius 2 is 0.908 bits per heavy atom. The molecule has 2 heteroatoms. The highest BCUT2D eigenvalue weighted by molar-refractivity contribution is 6.10. The summed E-state index contributed by atoms with van der Waals surface area (Å²) in [5, 5.41) is 2.50. The van der Waals surface area contributed by atoms with E-state index in [9.17, 15) is 0 Å². The zero-order valence-electron chi connectivity index (χ0n) is 36.5. The van der Waals surface area contributed by atoms with Gasteiger partial charge in [0.05, 0.1) is 22.1 Å². The van der Waals surface area contributed by atoms with E-state index < -0.39 is 5.41 Å². The Kier molecular flexibility index (Phi) is 9.21. The summed E-state index contributed by atoms with van der Waals surface area (Å²) in [6.07, 6.45) is 0. The van der Waals surface area contributed by atoms with Gasteiger partial charge in [-0.1, -0.05) is 182 Å². The second-order valence-electron chi connectivity index (χ2n) is 17.5. The maximum absolute atomic E-state index is 2.46. The maximum Gasteiger partial charge on any atom is 0.0714 e. The molecule has 1 aliphatic rings. The highest BCUT2D eigenvalue weighted by Gasteiger charge is 2.46. The van der Waals surface area contributed by atoms with E-state index in [1.807, 2.05) is 0 Å². The molecule has 10 aromatic carbocycles. The first-order valence-corrected chi connectivity index (χ1v) is 22.6. The van der Waals surface area contributed by atoms with E-state index in [1.165, 1.54) is 94.3 Å². The smallest absolute Gasteiger partial charge is 0.0714 e. The summed E-state index contributed by atoms with van der Waals surface area (Å²) in [6.45, 7) is 4.36. The van der Waals surface area contributed by atoms with E-state index in [2.05, 4.69) is 266 Å². The normalized spacial score (nSPS) is 12.6. The van der Waals surface area contributed by atoms with Gasteiger partial charge in [-0.15, -0.1) is 0 Å². The summed E-state index contributed by atoms with van der Waals surface area (Å²) in [5.74, 6) is 0. The number of hydrogen-bond donors (Lipinski definition) is 0. The first-order valence-electron chi connectivity index (χ1n) is 22.6. The van der Waals surface area contributed by atoms with Crippen molar-refractivity contribution in [3.8, 4) is 39.1 Å². The molecule has 1 heterocycles. The molecular formula is C63H46N2. The summed E-state index contributed by atoms with van der Waals surface area (Å²) in [6, 6.07) is 89.6. The van der Waals surface area contributed by atoms with Gasteiger partial charge in [-0.3, -0.25) is 0 Å². The highest BCUT2D eigenvalue weighted by Crippen LogP contribution is 2.57. The number of fused-ring (bicyclic) bond motifs is 6.